The molecule has 0 aliphatic heterocycles. The Labute approximate surface area is 87.1 Å². The molecule has 0 aromatic rings. The fraction of sp³-hybridized carbons (Fsp3) is 0.667. The largest absolute Gasteiger partial charge is 0.335 e. The Kier molecular flexibility index (Phi) is 3.78. The Hall–Kier alpha value is -0.510. The highest BCUT2D eigenvalue weighted by atomic mass is 79.9. The maximum absolute atomic E-state index is 11.2. The highest BCUT2D eigenvalue weighted by Crippen LogP contribution is 2.26. The molecule has 1 fully saturated rings. The predicted octanol–water partition coefficient (Wildman–Crippen LogP) is 1.99. The molecule has 0 aromatic carbocycles. The molecule has 4 heteroatoms. The molecule has 2 N–H and O–H groups in total. The third kappa shape index (κ3) is 3.38. The molecule has 1 aliphatic carbocycles. The SMILES string of the molecule is C=C(Br)CNC(=O)NC1CCC1C. The Morgan fingerprint density at radius 1 is 1.62 bits per heavy atom. The van der Waals surface area contributed by atoms with Crippen molar-refractivity contribution in [2.75, 3.05) is 6.54 Å². The maximum Gasteiger partial charge on any atom is 0.315 e. The first kappa shape index (κ1) is 10.6. The minimum absolute atomic E-state index is 0.0999. The van der Waals surface area contributed by atoms with Crippen LogP contribution in [-0.4, -0.2) is 18.6 Å². The quantitative estimate of drug-likeness (QED) is 0.786. The van der Waals surface area contributed by atoms with E-state index in [1.54, 1.807) is 0 Å². The molecular weight excluding hydrogens is 232 g/mol. The summed E-state index contributed by atoms with van der Waals surface area (Å²) >= 11 is 3.18. The van der Waals surface area contributed by atoms with Crippen molar-refractivity contribution in [3.05, 3.63) is 11.1 Å². The van der Waals surface area contributed by atoms with Crippen molar-refractivity contribution in [2.24, 2.45) is 5.92 Å². The zero-order valence-electron chi connectivity index (χ0n) is 7.77. The summed E-state index contributed by atoms with van der Waals surface area (Å²) in [6.07, 6.45) is 2.32. The lowest BCUT2D eigenvalue weighted by atomic mass is 9.81. The minimum Gasteiger partial charge on any atom is -0.335 e. The Morgan fingerprint density at radius 3 is 2.69 bits per heavy atom. The molecule has 1 rings (SSSR count). The van der Waals surface area contributed by atoms with Crippen LogP contribution in [0.1, 0.15) is 19.8 Å². The van der Waals surface area contributed by atoms with Gasteiger partial charge in [-0.25, -0.2) is 4.79 Å². The molecule has 0 bridgehead atoms. The molecule has 2 atom stereocenters. The first-order chi connectivity index (χ1) is 6.09. The van der Waals surface area contributed by atoms with Gasteiger partial charge in [0, 0.05) is 10.5 Å². The van der Waals surface area contributed by atoms with E-state index in [-0.39, 0.29) is 6.03 Å². The summed E-state index contributed by atoms with van der Waals surface area (Å²) in [5.74, 6) is 0.623. The van der Waals surface area contributed by atoms with Crippen LogP contribution in [0.5, 0.6) is 0 Å². The molecule has 0 heterocycles. The van der Waals surface area contributed by atoms with Gasteiger partial charge >= 0.3 is 6.03 Å². The molecule has 0 radical (unpaired) electrons. The van der Waals surface area contributed by atoms with Crippen LogP contribution in [-0.2, 0) is 0 Å². The van der Waals surface area contributed by atoms with Crippen molar-refractivity contribution < 1.29 is 4.79 Å². The van der Waals surface area contributed by atoms with Gasteiger partial charge < -0.3 is 10.6 Å². The zero-order chi connectivity index (χ0) is 9.84. The molecule has 74 valence electrons. The second kappa shape index (κ2) is 4.65. The number of carbonyl (C=O) groups is 1. The van der Waals surface area contributed by atoms with Crippen molar-refractivity contribution >= 4 is 22.0 Å². The monoisotopic (exact) mass is 246 g/mol. The minimum atomic E-state index is -0.0999. The fourth-order valence-corrected chi connectivity index (χ4v) is 1.42. The maximum atomic E-state index is 11.2. The van der Waals surface area contributed by atoms with E-state index in [0.717, 1.165) is 10.9 Å². The van der Waals surface area contributed by atoms with Crippen LogP contribution >= 0.6 is 15.9 Å². The molecule has 2 amide bonds. The number of hydrogen-bond acceptors (Lipinski definition) is 1. The average molecular weight is 247 g/mol. The van der Waals surface area contributed by atoms with Gasteiger partial charge in [0.15, 0.2) is 0 Å². The van der Waals surface area contributed by atoms with Gasteiger partial charge in [-0.1, -0.05) is 29.4 Å². The molecule has 0 spiro atoms. The molecule has 0 saturated heterocycles. The van der Waals surface area contributed by atoms with Gasteiger partial charge in [-0.2, -0.15) is 0 Å². The van der Waals surface area contributed by atoms with E-state index in [2.05, 4.69) is 40.1 Å². The van der Waals surface area contributed by atoms with E-state index in [1.165, 1.54) is 6.42 Å². The molecule has 1 aliphatic rings. The van der Waals surface area contributed by atoms with Crippen LogP contribution in [0.25, 0.3) is 0 Å². The van der Waals surface area contributed by atoms with E-state index < -0.39 is 0 Å². The van der Waals surface area contributed by atoms with Gasteiger partial charge in [-0.15, -0.1) is 0 Å². The van der Waals surface area contributed by atoms with Crippen molar-refractivity contribution in [1.29, 1.82) is 0 Å². The highest BCUT2D eigenvalue weighted by molar-refractivity contribution is 9.11. The van der Waals surface area contributed by atoms with Crippen LogP contribution in [0.3, 0.4) is 0 Å². The zero-order valence-corrected chi connectivity index (χ0v) is 9.36. The number of amides is 2. The third-order valence-corrected chi connectivity index (χ3v) is 2.66. The Bertz CT molecular complexity index is 218. The predicted molar refractivity (Wildman–Crippen MR) is 56.8 cm³/mol. The smallest absolute Gasteiger partial charge is 0.315 e. The molecule has 1 saturated carbocycles. The summed E-state index contributed by atoms with van der Waals surface area (Å²) in [7, 11) is 0. The lowest BCUT2D eigenvalue weighted by molar-refractivity contribution is 0.205. The van der Waals surface area contributed by atoms with E-state index in [9.17, 15) is 4.79 Å². The number of halogens is 1. The van der Waals surface area contributed by atoms with Crippen LogP contribution in [0.15, 0.2) is 11.1 Å². The number of urea groups is 1. The number of rotatable bonds is 3. The van der Waals surface area contributed by atoms with Crippen molar-refractivity contribution in [3.63, 3.8) is 0 Å². The summed E-state index contributed by atoms with van der Waals surface area (Å²) in [4.78, 5) is 11.2. The number of hydrogen-bond donors (Lipinski definition) is 2. The van der Waals surface area contributed by atoms with Crippen LogP contribution < -0.4 is 10.6 Å². The van der Waals surface area contributed by atoms with E-state index >= 15 is 0 Å². The van der Waals surface area contributed by atoms with Crippen molar-refractivity contribution in [1.82, 2.24) is 10.6 Å². The van der Waals surface area contributed by atoms with E-state index in [0.29, 0.717) is 18.5 Å². The number of carbonyl (C=O) groups excluding carboxylic acids is 1. The van der Waals surface area contributed by atoms with Gasteiger partial charge in [0.25, 0.3) is 0 Å². The highest BCUT2D eigenvalue weighted by Gasteiger charge is 2.27. The lowest BCUT2D eigenvalue weighted by Gasteiger charge is -2.34. The van der Waals surface area contributed by atoms with E-state index in [1.807, 2.05) is 0 Å². The summed E-state index contributed by atoms with van der Waals surface area (Å²) < 4.78 is 0.782. The molecular formula is C9H15BrN2O. The van der Waals surface area contributed by atoms with Crippen molar-refractivity contribution in [3.8, 4) is 0 Å². The summed E-state index contributed by atoms with van der Waals surface area (Å²) in [5, 5.41) is 5.61. The van der Waals surface area contributed by atoms with Gasteiger partial charge in [0.1, 0.15) is 0 Å². The Balaban J connectivity index is 2.14. The number of nitrogens with one attached hydrogen (secondary N) is 2. The summed E-state index contributed by atoms with van der Waals surface area (Å²) in [6, 6.07) is 0.265. The molecule has 3 nitrogen and oxygen atoms in total. The molecule has 13 heavy (non-hydrogen) atoms. The van der Waals surface area contributed by atoms with Crippen LogP contribution in [0.2, 0.25) is 0 Å². The standard InChI is InChI=1S/C9H15BrN2O/c1-6-3-4-8(6)12-9(13)11-5-7(2)10/h6,8H,2-5H2,1H3,(H2,11,12,13). The topological polar surface area (TPSA) is 41.1 Å². The van der Waals surface area contributed by atoms with Crippen LogP contribution in [0.4, 0.5) is 4.79 Å². The first-order valence-electron chi connectivity index (χ1n) is 4.47. The molecule has 0 aromatic heterocycles. The summed E-state index contributed by atoms with van der Waals surface area (Å²) in [5.41, 5.74) is 0. The molecule has 2 unspecified atom stereocenters. The average Bonchev–Trinajstić information content (AvgIpc) is 2.08. The van der Waals surface area contributed by atoms with Gasteiger partial charge in [0.05, 0.1) is 6.54 Å². The second-order valence-electron chi connectivity index (χ2n) is 3.51. The van der Waals surface area contributed by atoms with Gasteiger partial charge in [-0.05, 0) is 18.8 Å². The second-order valence-corrected chi connectivity index (χ2v) is 4.63. The van der Waals surface area contributed by atoms with E-state index in [4.69, 9.17) is 0 Å². The van der Waals surface area contributed by atoms with Crippen LogP contribution in [0, 0.1) is 5.92 Å². The van der Waals surface area contributed by atoms with Gasteiger partial charge in [-0.3, -0.25) is 0 Å². The normalized spacial score (nSPS) is 26.0. The van der Waals surface area contributed by atoms with Gasteiger partial charge in [0.2, 0.25) is 0 Å². The third-order valence-electron chi connectivity index (χ3n) is 2.38. The Morgan fingerprint density at radius 2 is 2.31 bits per heavy atom. The summed E-state index contributed by atoms with van der Waals surface area (Å²) in [6.45, 7) is 6.26. The lowest BCUT2D eigenvalue weighted by Crippen LogP contribution is -2.49. The van der Waals surface area contributed by atoms with Crippen molar-refractivity contribution in [2.45, 2.75) is 25.8 Å². The fourth-order valence-electron chi connectivity index (χ4n) is 1.28. The first-order valence-corrected chi connectivity index (χ1v) is 5.26.